The molecule has 1 rings (SSSR count). The lowest BCUT2D eigenvalue weighted by molar-refractivity contribution is -0.385. The minimum Gasteiger partial charge on any atom is -0.324 e. The fourth-order valence-corrected chi connectivity index (χ4v) is 1.14. The van der Waals surface area contributed by atoms with Gasteiger partial charge in [-0.1, -0.05) is 6.07 Å². The van der Waals surface area contributed by atoms with Gasteiger partial charge in [0.25, 0.3) is 5.69 Å². The number of benzene rings is 1. The summed E-state index contributed by atoms with van der Waals surface area (Å²) in [6.07, 6.45) is 0. The topological polar surface area (TPSA) is 98.3 Å². The number of carbonyl (C=O) groups is 1. The molecule has 0 radical (unpaired) electrons. The van der Waals surface area contributed by atoms with Gasteiger partial charge in [-0.3, -0.25) is 14.9 Å². The Morgan fingerprint density at radius 1 is 1.53 bits per heavy atom. The van der Waals surface area contributed by atoms with E-state index in [2.05, 4.69) is 5.32 Å². The molecule has 17 heavy (non-hydrogen) atoms. The van der Waals surface area contributed by atoms with Crippen molar-refractivity contribution in [1.82, 2.24) is 0 Å². The van der Waals surface area contributed by atoms with Crippen molar-refractivity contribution in [2.75, 3.05) is 5.32 Å². The molecule has 94 valence electrons. The second-order valence-corrected chi connectivity index (χ2v) is 3.54. The Labute approximate surface area is 105 Å². The average Bonchev–Trinajstić information content (AvgIpc) is 2.20. The van der Waals surface area contributed by atoms with E-state index in [4.69, 9.17) is 5.73 Å². The third-order valence-corrected chi connectivity index (χ3v) is 2.09. The van der Waals surface area contributed by atoms with Crippen molar-refractivity contribution >= 4 is 29.7 Å². The van der Waals surface area contributed by atoms with Crippen molar-refractivity contribution in [3.63, 3.8) is 0 Å². The molecule has 1 unspecified atom stereocenters. The molecule has 0 aliphatic heterocycles. The molecule has 0 aliphatic rings. The number of amides is 1. The molecule has 0 spiro atoms. The summed E-state index contributed by atoms with van der Waals surface area (Å²) < 4.78 is 0. The summed E-state index contributed by atoms with van der Waals surface area (Å²) in [5, 5.41) is 13.2. The van der Waals surface area contributed by atoms with Crippen LogP contribution in [0.15, 0.2) is 18.2 Å². The highest BCUT2D eigenvalue weighted by molar-refractivity contribution is 5.94. The first kappa shape index (κ1) is 15.3. The summed E-state index contributed by atoms with van der Waals surface area (Å²) in [7, 11) is 0. The molecule has 0 saturated carbocycles. The minimum absolute atomic E-state index is 0. The SMILES string of the molecule is Cc1ccc(NC(=O)C(C)N)cc1[N+](=O)[O-].Cl. The molecule has 0 saturated heterocycles. The summed E-state index contributed by atoms with van der Waals surface area (Å²) >= 11 is 0. The minimum atomic E-state index is -0.652. The van der Waals surface area contributed by atoms with Gasteiger partial charge in [0.15, 0.2) is 0 Å². The zero-order chi connectivity index (χ0) is 12.3. The van der Waals surface area contributed by atoms with Gasteiger partial charge in [0.2, 0.25) is 5.91 Å². The fourth-order valence-electron chi connectivity index (χ4n) is 1.14. The lowest BCUT2D eigenvalue weighted by Gasteiger charge is -2.07. The van der Waals surface area contributed by atoms with Crippen LogP contribution in [-0.2, 0) is 4.79 Å². The van der Waals surface area contributed by atoms with Crippen LogP contribution in [0.3, 0.4) is 0 Å². The second kappa shape index (κ2) is 6.17. The first-order valence-electron chi connectivity index (χ1n) is 4.73. The molecular formula is C10H14ClN3O3. The number of nitro groups is 1. The maximum absolute atomic E-state index is 11.3. The zero-order valence-electron chi connectivity index (χ0n) is 9.47. The Morgan fingerprint density at radius 2 is 2.12 bits per heavy atom. The van der Waals surface area contributed by atoms with Crippen LogP contribution in [0.25, 0.3) is 0 Å². The van der Waals surface area contributed by atoms with Gasteiger partial charge in [0, 0.05) is 17.3 Å². The van der Waals surface area contributed by atoms with Gasteiger partial charge in [0.1, 0.15) is 0 Å². The van der Waals surface area contributed by atoms with E-state index in [1.165, 1.54) is 13.0 Å². The largest absolute Gasteiger partial charge is 0.324 e. The molecule has 6 nitrogen and oxygen atoms in total. The van der Waals surface area contributed by atoms with Gasteiger partial charge >= 0.3 is 0 Å². The molecule has 0 aliphatic carbocycles. The van der Waals surface area contributed by atoms with Gasteiger partial charge in [0.05, 0.1) is 11.0 Å². The number of nitro benzene ring substituents is 1. The highest BCUT2D eigenvalue weighted by Gasteiger charge is 2.13. The van der Waals surface area contributed by atoms with E-state index >= 15 is 0 Å². The van der Waals surface area contributed by atoms with Crippen LogP contribution >= 0.6 is 12.4 Å². The Morgan fingerprint density at radius 3 is 2.59 bits per heavy atom. The number of rotatable bonds is 3. The van der Waals surface area contributed by atoms with Gasteiger partial charge in [-0.15, -0.1) is 12.4 Å². The number of hydrogen-bond donors (Lipinski definition) is 2. The molecule has 1 amide bonds. The summed E-state index contributed by atoms with van der Waals surface area (Å²) in [6, 6.07) is 3.84. The summed E-state index contributed by atoms with van der Waals surface area (Å²) in [5.74, 6) is -0.377. The van der Waals surface area contributed by atoms with Crippen LogP contribution in [0, 0.1) is 17.0 Å². The normalized spacial score (nSPS) is 11.2. The molecule has 7 heteroatoms. The Balaban J connectivity index is 0.00000256. The lowest BCUT2D eigenvalue weighted by Crippen LogP contribution is -2.32. The van der Waals surface area contributed by atoms with Gasteiger partial charge in [-0.25, -0.2) is 0 Å². The predicted molar refractivity (Wildman–Crippen MR) is 67.4 cm³/mol. The summed E-state index contributed by atoms with van der Waals surface area (Å²) in [4.78, 5) is 21.4. The fraction of sp³-hybridized carbons (Fsp3) is 0.300. The first-order valence-corrected chi connectivity index (χ1v) is 4.73. The maximum Gasteiger partial charge on any atom is 0.274 e. The van der Waals surface area contributed by atoms with Crippen molar-refractivity contribution in [3.05, 3.63) is 33.9 Å². The van der Waals surface area contributed by atoms with Crippen LogP contribution in [0.2, 0.25) is 0 Å². The predicted octanol–water partition coefficient (Wildman–Crippen LogP) is 1.61. The van der Waals surface area contributed by atoms with E-state index in [1.807, 2.05) is 0 Å². The monoisotopic (exact) mass is 259 g/mol. The number of aryl methyl sites for hydroxylation is 1. The molecule has 1 atom stereocenters. The third kappa shape index (κ3) is 4.01. The third-order valence-electron chi connectivity index (χ3n) is 2.09. The number of anilines is 1. The molecule has 3 N–H and O–H groups in total. The molecular weight excluding hydrogens is 246 g/mol. The van der Waals surface area contributed by atoms with Gasteiger partial charge in [-0.2, -0.15) is 0 Å². The Kier molecular flexibility index (Phi) is 5.57. The zero-order valence-corrected chi connectivity index (χ0v) is 10.3. The molecule has 1 aromatic rings. The van der Waals surface area contributed by atoms with E-state index in [-0.39, 0.29) is 24.0 Å². The van der Waals surface area contributed by atoms with E-state index in [9.17, 15) is 14.9 Å². The smallest absolute Gasteiger partial charge is 0.274 e. The molecule has 0 bridgehead atoms. The van der Waals surface area contributed by atoms with E-state index < -0.39 is 11.0 Å². The number of nitrogens with zero attached hydrogens (tertiary/aromatic N) is 1. The molecule has 0 aromatic heterocycles. The lowest BCUT2D eigenvalue weighted by atomic mass is 10.2. The number of halogens is 1. The molecule has 1 aromatic carbocycles. The van der Waals surface area contributed by atoms with Crippen LogP contribution in [0.5, 0.6) is 0 Å². The highest BCUT2D eigenvalue weighted by atomic mass is 35.5. The summed E-state index contributed by atoms with van der Waals surface area (Å²) in [6.45, 7) is 3.17. The van der Waals surface area contributed by atoms with Crippen LogP contribution in [0.4, 0.5) is 11.4 Å². The van der Waals surface area contributed by atoms with Gasteiger partial charge in [-0.05, 0) is 19.9 Å². The second-order valence-electron chi connectivity index (χ2n) is 3.54. The number of nitrogens with one attached hydrogen (secondary N) is 1. The van der Waals surface area contributed by atoms with Crippen molar-refractivity contribution in [2.24, 2.45) is 5.73 Å². The van der Waals surface area contributed by atoms with Crippen LogP contribution < -0.4 is 11.1 Å². The van der Waals surface area contributed by atoms with Crippen LogP contribution in [-0.4, -0.2) is 16.9 Å². The summed E-state index contributed by atoms with van der Waals surface area (Å²) in [5.41, 5.74) is 6.26. The Hall–Kier alpha value is -1.66. The number of carbonyl (C=O) groups excluding carboxylic acids is 1. The van der Waals surface area contributed by atoms with Crippen molar-refractivity contribution < 1.29 is 9.72 Å². The van der Waals surface area contributed by atoms with Crippen molar-refractivity contribution in [2.45, 2.75) is 19.9 Å². The van der Waals surface area contributed by atoms with Crippen LogP contribution in [0.1, 0.15) is 12.5 Å². The Bertz CT molecular complexity index is 435. The number of hydrogen-bond acceptors (Lipinski definition) is 4. The van der Waals surface area contributed by atoms with Crippen molar-refractivity contribution in [3.8, 4) is 0 Å². The van der Waals surface area contributed by atoms with Crippen molar-refractivity contribution in [1.29, 1.82) is 0 Å². The molecule has 0 heterocycles. The highest BCUT2D eigenvalue weighted by Crippen LogP contribution is 2.22. The quantitative estimate of drug-likeness (QED) is 0.636. The van der Waals surface area contributed by atoms with E-state index in [0.717, 1.165) is 0 Å². The van der Waals surface area contributed by atoms with E-state index in [1.54, 1.807) is 19.1 Å². The first-order chi connectivity index (χ1) is 7.41. The molecule has 0 fully saturated rings. The average molecular weight is 260 g/mol. The maximum atomic E-state index is 11.3. The van der Waals surface area contributed by atoms with E-state index in [0.29, 0.717) is 11.3 Å². The standard InChI is InChI=1S/C10H13N3O3.ClH/c1-6-3-4-8(5-9(6)13(15)16)12-10(14)7(2)11;/h3-5,7H,11H2,1-2H3,(H,12,14);1H. The van der Waals surface area contributed by atoms with Gasteiger partial charge < -0.3 is 11.1 Å². The number of nitrogens with two attached hydrogens (primary N) is 1.